The molecule has 0 heterocycles. The van der Waals surface area contributed by atoms with Gasteiger partial charge in [0.2, 0.25) is 0 Å². The van der Waals surface area contributed by atoms with Crippen molar-refractivity contribution in [2.24, 2.45) is 11.3 Å². The number of carbonyl (C=O) groups is 2. The molecule has 1 fully saturated rings. The molecule has 0 amide bonds. The SMILES string of the molecule is CCCCCCCCCC(=O)OCCCCCCCN(CCCO)CCCCCC1(CC(=O)OCCCC(CCCCC)CCCCC)CC1. The fourth-order valence-electron chi connectivity index (χ4n) is 7.50. The maximum absolute atomic E-state index is 12.7. The van der Waals surface area contributed by atoms with Crippen LogP contribution in [0.4, 0.5) is 0 Å². The molecule has 50 heavy (non-hydrogen) atoms. The Morgan fingerprint density at radius 1 is 0.560 bits per heavy atom. The number of unbranched alkanes of at least 4 members (excludes halogenated alkanes) is 16. The van der Waals surface area contributed by atoms with Crippen molar-refractivity contribution < 1.29 is 24.2 Å². The van der Waals surface area contributed by atoms with Crippen molar-refractivity contribution in [2.75, 3.05) is 39.5 Å². The van der Waals surface area contributed by atoms with Gasteiger partial charge < -0.3 is 19.5 Å². The number of nitrogens with zero attached hydrogens (tertiary/aromatic N) is 1. The van der Waals surface area contributed by atoms with E-state index in [9.17, 15) is 14.7 Å². The van der Waals surface area contributed by atoms with Gasteiger partial charge in [-0.05, 0) is 88.6 Å². The molecule has 0 aromatic heterocycles. The van der Waals surface area contributed by atoms with Gasteiger partial charge in [-0.2, -0.15) is 0 Å². The van der Waals surface area contributed by atoms with Gasteiger partial charge in [-0.25, -0.2) is 0 Å². The largest absolute Gasteiger partial charge is 0.466 e. The predicted molar refractivity (Wildman–Crippen MR) is 212 cm³/mol. The van der Waals surface area contributed by atoms with E-state index < -0.39 is 0 Å². The Bertz CT molecular complexity index is 760. The van der Waals surface area contributed by atoms with Crippen LogP contribution in [0.5, 0.6) is 0 Å². The first-order valence-corrected chi connectivity index (χ1v) is 22.1. The molecule has 0 aromatic rings. The van der Waals surface area contributed by atoms with Crippen LogP contribution < -0.4 is 0 Å². The number of hydrogen-bond donors (Lipinski definition) is 1. The van der Waals surface area contributed by atoms with Crippen molar-refractivity contribution in [3.8, 4) is 0 Å². The van der Waals surface area contributed by atoms with Gasteiger partial charge in [-0.1, -0.05) is 143 Å². The lowest BCUT2D eigenvalue weighted by Crippen LogP contribution is -2.28. The van der Waals surface area contributed by atoms with Gasteiger partial charge in [-0.15, -0.1) is 0 Å². The average Bonchev–Trinajstić information content (AvgIpc) is 3.87. The van der Waals surface area contributed by atoms with Gasteiger partial charge in [0.05, 0.1) is 19.6 Å². The summed E-state index contributed by atoms with van der Waals surface area (Å²) in [5.74, 6) is 0.818. The molecule has 0 aromatic carbocycles. The van der Waals surface area contributed by atoms with Crippen molar-refractivity contribution in [1.82, 2.24) is 4.90 Å². The normalized spacial score (nSPS) is 13.7. The summed E-state index contributed by atoms with van der Waals surface area (Å²) >= 11 is 0. The van der Waals surface area contributed by atoms with Crippen molar-refractivity contribution in [2.45, 2.75) is 220 Å². The quantitative estimate of drug-likeness (QED) is 0.0506. The minimum absolute atomic E-state index is 0.0204. The van der Waals surface area contributed by atoms with Crippen molar-refractivity contribution in [1.29, 1.82) is 0 Å². The fraction of sp³-hybridized carbons (Fsp3) is 0.955. The van der Waals surface area contributed by atoms with Crippen LogP contribution in [0.1, 0.15) is 220 Å². The third kappa shape index (κ3) is 28.4. The second-order valence-corrected chi connectivity index (χ2v) is 16.0. The van der Waals surface area contributed by atoms with Crippen LogP contribution in [0.3, 0.4) is 0 Å². The Balaban J connectivity index is 2.10. The minimum atomic E-state index is -0.0204. The first kappa shape index (κ1) is 46.9. The fourth-order valence-corrected chi connectivity index (χ4v) is 7.50. The predicted octanol–water partition coefficient (Wildman–Crippen LogP) is 12.1. The zero-order valence-electron chi connectivity index (χ0n) is 33.8. The Morgan fingerprint density at radius 3 is 1.66 bits per heavy atom. The first-order chi connectivity index (χ1) is 24.5. The van der Waals surface area contributed by atoms with Crippen LogP contribution in [-0.4, -0.2) is 61.4 Å². The Labute approximate surface area is 311 Å². The molecule has 0 atom stereocenters. The summed E-state index contributed by atoms with van der Waals surface area (Å²) in [6.45, 7) is 11.4. The highest BCUT2D eigenvalue weighted by atomic mass is 16.5. The monoisotopic (exact) mass is 708 g/mol. The van der Waals surface area contributed by atoms with E-state index in [0.717, 1.165) is 70.5 Å². The van der Waals surface area contributed by atoms with Crippen molar-refractivity contribution in [3.05, 3.63) is 0 Å². The van der Waals surface area contributed by atoms with Gasteiger partial charge in [-0.3, -0.25) is 9.59 Å². The van der Waals surface area contributed by atoms with Gasteiger partial charge in [0.1, 0.15) is 0 Å². The molecule has 296 valence electrons. The molecule has 1 rings (SSSR count). The number of esters is 2. The standard InChI is InChI=1S/C44H85NO5/c1-4-7-10-11-12-14-20-30-42(47)49-38-24-16-13-15-22-34-45(36-26-37-46)35-23-17-21-31-44(32-33-44)40-43(48)50-39-25-29-41(27-18-8-5-2)28-19-9-6-3/h41,46H,4-40H2,1-3H3. The molecule has 0 saturated heterocycles. The number of ether oxygens (including phenoxy) is 2. The third-order valence-electron chi connectivity index (χ3n) is 11.1. The van der Waals surface area contributed by atoms with Crippen LogP contribution in [-0.2, 0) is 19.1 Å². The minimum Gasteiger partial charge on any atom is -0.466 e. The van der Waals surface area contributed by atoms with E-state index >= 15 is 0 Å². The van der Waals surface area contributed by atoms with E-state index in [1.165, 1.54) is 141 Å². The lowest BCUT2D eigenvalue weighted by Gasteiger charge is -2.22. The van der Waals surface area contributed by atoms with Crippen LogP contribution in [0.25, 0.3) is 0 Å². The molecule has 0 bridgehead atoms. The summed E-state index contributed by atoms with van der Waals surface area (Å²) in [5, 5.41) is 9.40. The van der Waals surface area contributed by atoms with E-state index in [1.54, 1.807) is 0 Å². The number of hydrogen-bond acceptors (Lipinski definition) is 6. The summed E-state index contributed by atoms with van der Waals surface area (Å²) in [7, 11) is 0. The lowest BCUT2D eigenvalue weighted by molar-refractivity contribution is -0.145. The third-order valence-corrected chi connectivity index (χ3v) is 11.1. The zero-order valence-corrected chi connectivity index (χ0v) is 33.8. The van der Waals surface area contributed by atoms with E-state index in [-0.39, 0.29) is 24.0 Å². The van der Waals surface area contributed by atoms with E-state index in [0.29, 0.717) is 26.1 Å². The van der Waals surface area contributed by atoms with E-state index in [4.69, 9.17) is 9.47 Å². The highest BCUT2D eigenvalue weighted by Crippen LogP contribution is 2.53. The molecular weight excluding hydrogens is 622 g/mol. The molecule has 0 unspecified atom stereocenters. The van der Waals surface area contributed by atoms with Gasteiger partial charge in [0.15, 0.2) is 0 Å². The smallest absolute Gasteiger partial charge is 0.306 e. The van der Waals surface area contributed by atoms with Crippen LogP contribution in [0.15, 0.2) is 0 Å². The molecule has 1 aliphatic carbocycles. The van der Waals surface area contributed by atoms with Crippen molar-refractivity contribution >= 4 is 11.9 Å². The molecule has 0 spiro atoms. The van der Waals surface area contributed by atoms with Crippen LogP contribution >= 0.6 is 0 Å². The van der Waals surface area contributed by atoms with Crippen LogP contribution in [0, 0.1) is 11.3 Å². The number of aliphatic hydroxyl groups is 1. The van der Waals surface area contributed by atoms with Gasteiger partial charge in [0.25, 0.3) is 0 Å². The van der Waals surface area contributed by atoms with Crippen molar-refractivity contribution in [3.63, 3.8) is 0 Å². The van der Waals surface area contributed by atoms with Crippen LogP contribution in [0.2, 0.25) is 0 Å². The Morgan fingerprint density at radius 2 is 1.04 bits per heavy atom. The summed E-state index contributed by atoms with van der Waals surface area (Å²) in [5.41, 5.74) is 0.225. The summed E-state index contributed by atoms with van der Waals surface area (Å²) in [6, 6.07) is 0. The maximum atomic E-state index is 12.7. The maximum Gasteiger partial charge on any atom is 0.306 e. The second kappa shape index (κ2) is 33.7. The number of rotatable bonds is 39. The molecule has 0 aliphatic heterocycles. The molecule has 1 N–H and O–H groups in total. The molecule has 1 aliphatic rings. The molecule has 6 heteroatoms. The molecule has 0 radical (unpaired) electrons. The second-order valence-electron chi connectivity index (χ2n) is 16.0. The Hall–Kier alpha value is -1.14. The topological polar surface area (TPSA) is 76.1 Å². The lowest BCUT2D eigenvalue weighted by atomic mass is 9.91. The summed E-state index contributed by atoms with van der Waals surface area (Å²) in [6.07, 6.45) is 36.2. The van der Waals surface area contributed by atoms with Gasteiger partial charge >= 0.3 is 11.9 Å². The molecule has 6 nitrogen and oxygen atoms in total. The zero-order chi connectivity index (χ0) is 36.4. The highest BCUT2D eigenvalue weighted by molar-refractivity contribution is 5.70. The average molecular weight is 708 g/mol. The molecular formula is C44H85NO5. The summed E-state index contributed by atoms with van der Waals surface area (Å²) in [4.78, 5) is 27.2. The number of carbonyl (C=O) groups excluding carboxylic acids is 2. The summed E-state index contributed by atoms with van der Waals surface area (Å²) < 4.78 is 11.2. The van der Waals surface area contributed by atoms with Gasteiger partial charge in [0, 0.05) is 19.6 Å². The highest BCUT2D eigenvalue weighted by Gasteiger charge is 2.43. The number of aliphatic hydroxyl groups excluding tert-OH is 1. The first-order valence-electron chi connectivity index (χ1n) is 22.1. The van der Waals surface area contributed by atoms with E-state index in [2.05, 4.69) is 25.7 Å². The van der Waals surface area contributed by atoms with E-state index in [1.807, 2.05) is 0 Å². The molecule has 1 saturated carbocycles. The Kier molecular flexibility index (Phi) is 31.6.